The summed E-state index contributed by atoms with van der Waals surface area (Å²) in [6, 6.07) is 0. The van der Waals surface area contributed by atoms with Gasteiger partial charge in [0.05, 0.1) is 12.5 Å². The molecule has 0 aliphatic rings. The van der Waals surface area contributed by atoms with Crippen LogP contribution >= 0.6 is 10.3 Å². The van der Waals surface area contributed by atoms with Crippen LogP contribution in [0.25, 0.3) is 0 Å². The maximum Gasteiger partial charge on any atom is 0.389 e. The number of hydrogen-bond acceptors (Lipinski definition) is 2. The molecule has 1 N–H and O–H groups in total. The monoisotopic (exact) mass is 262 g/mol. The van der Waals surface area contributed by atoms with E-state index in [2.05, 4.69) is 0 Å². The molecular weight excluding hydrogens is 241 g/mol. The van der Waals surface area contributed by atoms with Crippen LogP contribution in [0.1, 0.15) is 34.1 Å². The smallest absolute Gasteiger partial charge is 0.380 e. The highest BCUT2D eigenvalue weighted by Crippen LogP contribution is 2.57. The first-order valence-electron chi connectivity index (χ1n) is 5.10. The summed E-state index contributed by atoms with van der Waals surface area (Å²) in [6.07, 6.45) is -3.73. The minimum absolute atomic E-state index is 0.168. The molecule has 0 bridgehead atoms. The van der Waals surface area contributed by atoms with Crippen molar-refractivity contribution in [3.63, 3.8) is 0 Å². The second kappa shape index (κ2) is 5.14. The van der Waals surface area contributed by atoms with Crippen molar-refractivity contribution in [3.8, 4) is 0 Å². The Bertz CT molecular complexity index is 223. The highest BCUT2D eigenvalue weighted by Gasteiger charge is 2.40. The van der Waals surface area contributed by atoms with Gasteiger partial charge in [-0.15, -0.1) is 10.3 Å². The van der Waals surface area contributed by atoms with Crippen molar-refractivity contribution >= 4 is 10.3 Å². The zero-order valence-electron chi connectivity index (χ0n) is 10.4. The van der Waals surface area contributed by atoms with Crippen LogP contribution in [0.4, 0.5) is 13.2 Å². The summed E-state index contributed by atoms with van der Waals surface area (Å²) in [6.45, 7) is 6.51. The first kappa shape index (κ1) is 16.1. The fourth-order valence-electron chi connectivity index (χ4n) is 1.15. The molecule has 2 nitrogen and oxygen atoms in total. The molecule has 100 valence electrons. The van der Waals surface area contributed by atoms with Crippen molar-refractivity contribution in [1.29, 1.82) is 0 Å². The van der Waals surface area contributed by atoms with Gasteiger partial charge in [-0.2, -0.15) is 13.2 Å². The van der Waals surface area contributed by atoms with Gasteiger partial charge in [0, 0.05) is 5.75 Å². The van der Waals surface area contributed by atoms with E-state index in [4.69, 9.17) is 4.18 Å². The van der Waals surface area contributed by atoms with Crippen LogP contribution in [0.15, 0.2) is 0 Å². The lowest BCUT2D eigenvalue weighted by molar-refractivity contribution is -0.130. The lowest BCUT2D eigenvalue weighted by Crippen LogP contribution is -2.34. The minimum atomic E-state index is -4.21. The van der Waals surface area contributed by atoms with Gasteiger partial charge in [0.2, 0.25) is 0 Å². The van der Waals surface area contributed by atoms with Crippen LogP contribution in [0.3, 0.4) is 0 Å². The standard InChI is InChI=1S/C10H21F3O2S/c1-8(2)15-16(5,9(3,4)14)7-6-10(11,12)13/h8,14H,6-7H2,1-5H3. The average molecular weight is 262 g/mol. The molecule has 0 aliphatic heterocycles. The van der Waals surface area contributed by atoms with Crippen molar-refractivity contribution in [1.82, 2.24) is 0 Å². The Hall–Kier alpha value is 0.0600. The first-order valence-corrected chi connectivity index (χ1v) is 7.24. The normalized spacial score (nSPS) is 19.6. The van der Waals surface area contributed by atoms with E-state index in [0.29, 0.717) is 0 Å². The van der Waals surface area contributed by atoms with E-state index >= 15 is 0 Å². The molecule has 0 aromatic heterocycles. The fraction of sp³-hybridized carbons (Fsp3) is 1.00. The van der Waals surface area contributed by atoms with Gasteiger partial charge in [-0.1, -0.05) is 0 Å². The van der Waals surface area contributed by atoms with Crippen LogP contribution in [0, 0.1) is 0 Å². The van der Waals surface area contributed by atoms with E-state index in [9.17, 15) is 18.3 Å². The highest BCUT2D eigenvalue weighted by atomic mass is 32.3. The molecule has 0 fully saturated rings. The van der Waals surface area contributed by atoms with Gasteiger partial charge < -0.3 is 9.29 Å². The van der Waals surface area contributed by atoms with E-state index in [1.165, 1.54) is 13.8 Å². The molecule has 0 saturated heterocycles. The molecule has 6 heteroatoms. The second-order valence-electron chi connectivity index (χ2n) is 4.67. The van der Waals surface area contributed by atoms with E-state index < -0.39 is 27.8 Å². The number of hydrogen-bond donors (Lipinski definition) is 1. The largest absolute Gasteiger partial charge is 0.389 e. The molecule has 1 unspecified atom stereocenters. The van der Waals surface area contributed by atoms with Crippen LogP contribution in [0.5, 0.6) is 0 Å². The lowest BCUT2D eigenvalue weighted by Gasteiger charge is -2.46. The SMILES string of the molecule is CC(C)OS(C)(CCC(F)(F)F)C(C)(C)O. The van der Waals surface area contributed by atoms with Crippen molar-refractivity contribution < 1.29 is 22.5 Å². The van der Waals surface area contributed by atoms with Gasteiger partial charge >= 0.3 is 6.18 Å². The quantitative estimate of drug-likeness (QED) is 0.822. The van der Waals surface area contributed by atoms with Crippen molar-refractivity contribution in [2.75, 3.05) is 12.0 Å². The van der Waals surface area contributed by atoms with Crippen molar-refractivity contribution in [2.24, 2.45) is 0 Å². The molecule has 0 radical (unpaired) electrons. The Kier molecular flexibility index (Phi) is 5.16. The number of aliphatic hydroxyl groups is 1. The lowest BCUT2D eigenvalue weighted by atomic mass is 10.5. The van der Waals surface area contributed by atoms with E-state index in [-0.39, 0.29) is 11.9 Å². The summed E-state index contributed by atoms with van der Waals surface area (Å²) in [7, 11) is -2.15. The van der Waals surface area contributed by atoms with Crippen LogP contribution < -0.4 is 0 Å². The van der Waals surface area contributed by atoms with Gasteiger partial charge in [0.1, 0.15) is 4.93 Å². The molecule has 1 atom stereocenters. The van der Waals surface area contributed by atoms with E-state index in [1.807, 2.05) is 0 Å². The van der Waals surface area contributed by atoms with Gasteiger partial charge in [0.25, 0.3) is 0 Å². The topological polar surface area (TPSA) is 29.5 Å². The van der Waals surface area contributed by atoms with Crippen LogP contribution in [-0.4, -0.2) is 34.3 Å². The summed E-state index contributed by atoms with van der Waals surface area (Å²) in [4.78, 5) is -1.23. The average Bonchev–Trinajstić information content (AvgIpc) is 1.96. The minimum Gasteiger partial charge on any atom is -0.380 e. The first-order chi connectivity index (χ1) is 6.87. The molecule has 0 amide bonds. The zero-order chi connectivity index (χ0) is 13.2. The number of rotatable bonds is 5. The van der Waals surface area contributed by atoms with E-state index in [0.717, 1.165) is 0 Å². The predicted octanol–water partition coefficient (Wildman–Crippen LogP) is 3.44. The van der Waals surface area contributed by atoms with Gasteiger partial charge in [-0.05, 0) is 34.0 Å². The third-order valence-corrected chi connectivity index (χ3v) is 6.14. The van der Waals surface area contributed by atoms with Crippen LogP contribution in [0.2, 0.25) is 0 Å². The second-order valence-corrected chi connectivity index (χ2v) is 8.28. The third kappa shape index (κ3) is 5.41. The fourth-order valence-corrected chi connectivity index (χ4v) is 3.45. The molecule has 0 heterocycles. The maximum absolute atomic E-state index is 12.2. The maximum atomic E-state index is 12.2. The molecular formula is C10H21F3O2S. The summed E-state index contributed by atoms with van der Waals surface area (Å²) in [5, 5.41) is 9.93. The predicted molar refractivity (Wildman–Crippen MR) is 61.6 cm³/mol. The Morgan fingerprint density at radius 2 is 1.69 bits per heavy atom. The Morgan fingerprint density at radius 1 is 1.25 bits per heavy atom. The van der Waals surface area contributed by atoms with Crippen LogP contribution in [-0.2, 0) is 4.18 Å². The molecule has 0 aromatic rings. The Labute approximate surface area is 96.7 Å². The van der Waals surface area contributed by atoms with E-state index in [1.54, 1.807) is 20.1 Å². The molecule has 0 spiro atoms. The van der Waals surface area contributed by atoms with Gasteiger partial charge in [-0.3, -0.25) is 0 Å². The molecule has 0 saturated carbocycles. The highest BCUT2D eigenvalue weighted by molar-refractivity contribution is 8.30. The number of halogens is 3. The molecule has 0 aromatic carbocycles. The third-order valence-electron chi connectivity index (χ3n) is 2.24. The van der Waals surface area contributed by atoms with Gasteiger partial charge in [0.15, 0.2) is 0 Å². The number of alkyl halides is 3. The Balaban J connectivity index is 4.69. The summed E-state index contributed by atoms with van der Waals surface area (Å²) < 4.78 is 42.1. The van der Waals surface area contributed by atoms with Crippen molar-refractivity contribution in [2.45, 2.75) is 51.3 Å². The zero-order valence-corrected chi connectivity index (χ0v) is 11.2. The Morgan fingerprint density at radius 3 is 1.94 bits per heavy atom. The summed E-state index contributed by atoms with van der Waals surface area (Å²) in [5.41, 5.74) is 0. The molecule has 0 aliphatic carbocycles. The van der Waals surface area contributed by atoms with Gasteiger partial charge in [-0.25, -0.2) is 0 Å². The van der Waals surface area contributed by atoms with Crippen molar-refractivity contribution in [3.05, 3.63) is 0 Å². The summed E-state index contributed by atoms with van der Waals surface area (Å²) in [5.74, 6) is -0.168. The molecule has 0 rings (SSSR count). The molecule has 16 heavy (non-hydrogen) atoms. The summed E-state index contributed by atoms with van der Waals surface area (Å²) >= 11 is 0.